The van der Waals surface area contributed by atoms with Gasteiger partial charge in [-0.05, 0) is 64.0 Å². The first-order chi connectivity index (χ1) is 12.5. The van der Waals surface area contributed by atoms with Crippen molar-refractivity contribution in [2.24, 2.45) is 13.0 Å². The molecule has 0 unspecified atom stereocenters. The molecule has 2 aromatic rings. The SMILES string of the molecule is COc1cccc([C@@H](C)N(C)C[C@@H]2CCCN(C)[C@H]2c2cnn(C)c2)c1. The van der Waals surface area contributed by atoms with Crippen LogP contribution in [-0.2, 0) is 7.05 Å². The molecule has 0 bridgehead atoms. The number of methoxy groups -OCH3 is 1. The third-order valence-corrected chi connectivity index (χ3v) is 5.83. The van der Waals surface area contributed by atoms with Crippen molar-refractivity contribution < 1.29 is 4.74 Å². The van der Waals surface area contributed by atoms with Crippen molar-refractivity contribution >= 4 is 0 Å². The molecule has 3 rings (SSSR count). The highest BCUT2D eigenvalue weighted by molar-refractivity contribution is 5.30. The predicted octanol–water partition coefficient (Wildman–Crippen LogP) is 3.50. The Balaban J connectivity index is 1.74. The molecule has 3 atom stereocenters. The lowest BCUT2D eigenvalue weighted by Gasteiger charge is -2.41. The Morgan fingerprint density at radius 3 is 2.85 bits per heavy atom. The number of aromatic nitrogens is 2. The molecule has 1 aliphatic rings. The van der Waals surface area contributed by atoms with Gasteiger partial charge in [0.1, 0.15) is 5.75 Å². The first-order valence-corrected chi connectivity index (χ1v) is 9.52. The Morgan fingerprint density at radius 1 is 1.35 bits per heavy atom. The third-order valence-electron chi connectivity index (χ3n) is 5.83. The number of hydrogen-bond acceptors (Lipinski definition) is 4. The molecule has 1 fully saturated rings. The van der Waals surface area contributed by atoms with E-state index in [-0.39, 0.29) is 0 Å². The van der Waals surface area contributed by atoms with Crippen LogP contribution in [0.4, 0.5) is 0 Å². The summed E-state index contributed by atoms with van der Waals surface area (Å²) in [6, 6.07) is 9.21. The molecule has 0 aliphatic carbocycles. The number of nitrogens with zero attached hydrogens (tertiary/aromatic N) is 4. The lowest BCUT2D eigenvalue weighted by Crippen LogP contribution is -2.41. The number of ether oxygens (including phenoxy) is 1. The smallest absolute Gasteiger partial charge is 0.119 e. The molecule has 0 saturated carbocycles. The fourth-order valence-electron chi connectivity index (χ4n) is 4.25. The van der Waals surface area contributed by atoms with Gasteiger partial charge in [0.15, 0.2) is 0 Å². The van der Waals surface area contributed by atoms with Gasteiger partial charge >= 0.3 is 0 Å². The lowest BCUT2D eigenvalue weighted by atomic mass is 9.85. The van der Waals surface area contributed by atoms with Crippen molar-refractivity contribution in [3.05, 3.63) is 47.8 Å². The molecule has 26 heavy (non-hydrogen) atoms. The molecule has 0 radical (unpaired) electrons. The monoisotopic (exact) mass is 356 g/mol. The topological polar surface area (TPSA) is 33.5 Å². The standard InChI is InChI=1S/C21H32N4O/c1-16(17-8-6-10-20(12-17)26-5)24(3)14-18-9-7-11-23(2)21(18)19-13-22-25(4)15-19/h6,8,10,12-13,15-16,18,21H,7,9,11,14H2,1-5H3/t16-,18+,21-/m1/s1. The number of likely N-dealkylation sites (tertiary alicyclic amines) is 1. The first-order valence-electron chi connectivity index (χ1n) is 9.52. The quantitative estimate of drug-likeness (QED) is 0.793. The molecule has 1 aromatic heterocycles. The molecule has 0 spiro atoms. The summed E-state index contributed by atoms with van der Waals surface area (Å²) < 4.78 is 7.31. The van der Waals surface area contributed by atoms with Crippen molar-refractivity contribution in [3.63, 3.8) is 0 Å². The summed E-state index contributed by atoms with van der Waals surface area (Å²) in [4.78, 5) is 4.97. The van der Waals surface area contributed by atoms with Gasteiger partial charge in [0.2, 0.25) is 0 Å². The van der Waals surface area contributed by atoms with Crippen molar-refractivity contribution in [1.29, 1.82) is 0 Å². The maximum atomic E-state index is 5.39. The van der Waals surface area contributed by atoms with Gasteiger partial charge in [-0.25, -0.2) is 0 Å². The molecular weight excluding hydrogens is 324 g/mol. The minimum Gasteiger partial charge on any atom is -0.497 e. The summed E-state index contributed by atoms with van der Waals surface area (Å²) in [5.74, 6) is 1.53. The largest absolute Gasteiger partial charge is 0.497 e. The number of aryl methyl sites for hydroxylation is 1. The van der Waals surface area contributed by atoms with Crippen LogP contribution in [0.2, 0.25) is 0 Å². The summed E-state index contributed by atoms with van der Waals surface area (Å²) in [6.45, 7) is 4.51. The normalized spacial score (nSPS) is 22.5. The highest BCUT2D eigenvalue weighted by Gasteiger charge is 2.32. The zero-order valence-electron chi connectivity index (χ0n) is 16.7. The average Bonchev–Trinajstić information content (AvgIpc) is 3.07. The van der Waals surface area contributed by atoms with Crippen LogP contribution >= 0.6 is 0 Å². The second kappa shape index (κ2) is 8.23. The fraction of sp³-hybridized carbons (Fsp3) is 0.571. The van der Waals surface area contributed by atoms with Crippen molar-refractivity contribution in [3.8, 4) is 5.75 Å². The highest BCUT2D eigenvalue weighted by atomic mass is 16.5. The highest BCUT2D eigenvalue weighted by Crippen LogP contribution is 2.36. The van der Waals surface area contributed by atoms with Crippen LogP contribution in [0.3, 0.4) is 0 Å². The Hall–Kier alpha value is -1.85. The van der Waals surface area contributed by atoms with E-state index in [1.807, 2.05) is 24.0 Å². The zero-order chi connectivity index (χ0) is 18.7. The summed E-state index contributed by atoms with van der Waals surface area (Å²) in [6.07, 6.45) is 6.73. The summed E-state index contributed by atoms with van der Waals surface area (Å²) in [7, 11) is 8.20. The van der Waals surface area contributed by atoms with E-state index in [0.717, 1.165) is 18.8 Å². The van der Waals surface area contributed by atoms with Crippen LogP contribution in [0.15, 0.2) is 36.7 Å². The average molecular weight is 357 g/mol. The van der Waals surface area contributed by atoms with Crippen LogP contribution in [0.5, 0.6) is 5.75 Å². The fourth-order valence-corrected chi connectivity index (χ4v) is 4.25. The first kappa shape index (κ1) is 18.9. The van der Waals surface area contributed by atoms with Gasteiger partial charge in [-0.15, -0.1) is 0 Å². The molecule has 0 amide bonds. The maximum absolute atomic E-state index is 5.39. The Morgan fingerprint density at radius 2 is 2.15 bits per heavy atom. The van der Waals surface area contributed by atoms with Crippen LogP contribution in [-0.4, -0.2) is 53.9 Å². The Labute approximate surface area is 157 Å². The number of piperidine rings is 1. The van der Waals surface area contributed by atoms with Gasteiger partial charge in [-0.3, -0.25) is 14.5 Å². The van der Waals surface area contributed by atoms with E-state index in [4.69, 9.17) is 4.74 Å². The number of hydrogen-bond donors (Lipinski definition) is 0. The zero-order valence-corrected chi connectivity index (χ0v) is 16.7. The van der Waals surface area contributed by atoms with Crippen LogP contribution < -0.4 is 4.74 Å². The van der Waals surface area contributed by atoms with Gasteiger partial charge < -0.3 is 4.74 Å². The van der Waals surface area contributed by atoms with Crippen LogP contribution in [0.25, 0.3) is 0 Å². The van der Waals surface area contributed by atoms with Crippen molar-refractivity contribution in [1.82, 2.24) is 19.6 Å². The van der Waals surface area contributed by atoms with Gasteiger partial charge in [0.25, 0.3) is 0 Å². The molecule has 1 saturated heterocycles. The van der Waals surface area contributed by atoms with Crippen molar-refractivity contribution in [2.75, 3.05) is 34.3 Å². The number of rotatable bonds is 6. The third kappa shape index (κ3) is 4.10. The molecule has 5 heteroatoms. The van der Waals surface area contributed by atoms with Gasteiger partial charge in [0.05, 0.1) is 13.3 Å². The second-order valence-corrected chi connectivity index (χ2v) is 7.67. The molecule has 1 aliphatic heterocycles. The number of benzene rings is 1. The lowest BCUT2D eigenvalue weighted by molar-refractivity contribution is 0.0839. The molecular formula is C21H32N4O. The molecule has 5 nitrogen and oxygen atoms in total. The Kier molecular flexibility index (Phi) is 5.99. The summed E-state index contributed by atoms with van der Waals surface area (Å²) in [5.41, 5.74) is 2.64. The van der Waals surface area contributed by atoms with Crippen LogP contribution in [0.1, 0.15) is 43.0 Å². The minimum atomic E-state index is 0.354. The van der Waals surface area contributed by atoms with Gasteiger partial charge in [-0.2, -0.15) is 5.10 Å². The second-order valence-electron chi connectivity index (χ2n) is 7.67. The molecule has 142 valence electrons. The minimum absolute atomic E-state index is 0.354. The van der Waals surface area contributed by atoms with E-state index in [9.17, 15) is 0 Å². The van der Waals surface area contributed by atoms with E-state index in [1.165, 1.54) is 24.0 Å². The van der Waals surface area contributed by atoms with E-state index in [2.05, 4.69) is 60.3 Å². The molecule has 2 heterocycles. The predicted molar refractivity (Wildman–Crippen MR) is 105 cm³/mol. The molecule has 0 N–H and O–H groups in total. The Bertz CT molecular complexity index is 714. The summed E-state index contributed by atoms with van der Waals surface area (Å²) in [5, 5.41) is 4.40. The van der Waals surface area contributed by atoms with E-state index < -0.39 is 0 Å². The summed E-state index contributed by atoms with van der Waals surface area (Å²) >= 11 is 0. The molecule has 1 aromatic carbocycles. The van der Waals surface area contributed by atoms with E-state index in [1.54, 1.807) is 7.11 Å². The van der Waals surface area contributed by atoms with E-state index >= 15 is 0 Å². The van der Waals surface area contributed by atoms with Crippen LogP contribution in [0, 0.1) is 5.92 Å². The van der Waals surface area contributed by atoms with Gasteiger partial charge in [-0.1, -0.05) is 12.1 Å². The maximum Gasteiger partial charge on any atom is 0.119 e. The van der Waals surface area contributed by atoms with E-state index in [0.29, 0.717) is 18.0 Å². The van der Waals surface area contributed by atoms with Crippen molar-refractivity contribution in [2.45, 2.75) is 31.8 Å². The van der Waals surface area contributed by atoms with Gasteiger partial charge in [0, 0.05) is 37.4 Å².